The standard InChI is InChI=1S/C20H19ClN2O4/c1-27-20(26)13-22-19(25)12-15-4-9-17(10-5-15)23-18(24)11-6-14-2-7-16(21)8-3-14/h2-11H,12-13H2,1H3,(H,22,25)(H,23,24)/b11-6+. The second-order valence-electron chi connectivity index (χ2n) is 5.60. The zero-order valence-electron chi connectivity index (χ0n) is 14.7. The van der Waals surface area contributed by atoms with E-state index in [1.165, 1.54) is 13.2 Å². The van der Waals surface area contributed by atoms with Gasteiger partial charge in [-0.2, -0.15) is 0 Å². The Hall–Kier alpha value is -3.12. The Balaban J connectivity index is 1.84. The van der Waals surface area contributed by atoms with E-state index in [9.17, 15) is 14.4 Å². The predicted molar refractivity (Wildman–Crippen MR) is 104 cm³/mol. The molecule has 2 aromatic carbocycles. The number of halogens is 1. The number of methoxy groups -OCH3 is 1. The van der Waals surface area contributed by atoms with Crippen molar-refractivity contribution in [3.63, 3.8) is 0 Å². The summed E-state index contributed by atoms with van der Waals surface area (Å²) in [5.41, 5.74) is 2.23. The number of hydrogen-bond acceptors (Lipinski definition) is 4. The molecule has 0 fully saturated rings. The van der Waals surface area contributed by atoms with Crippen molar-refractivity contribution in [1.82, 2.24) is 5.32 Å². The summed E-state index contributed by atoms with van der Waals surface area (Å²) in [5, 5.41) is 5.84. The molecule has 0 unspecified atom stereocenters. The smallest absolute Gasteiger partial charge is 0.325 e. The third kappa shape index (κ3) is 7.33. The van der Waals surface area contributed by atoms with E-state index in [4.69, 9.17) is 11.6 Å². The molecular weight excluding hydrogens is 368 g/mol. The molecule has 6 nitrogen and oxygen atoms in total. The maximum atomic E-state index is 12.0. The van der Waals surface area contributed by atoms with E-state index in [0.717, 1.165) is 11.1 Å². The van der Waals surface area contributed by atoms with Gasteiger partial charge in [0.25, 0.3) is 0 Å². The van der Waals surface area contributed by atoms with Gasteiger partial charge in [0, 0.05) is 16.8 Å². The van der Waals surface area contributed by atoms with E-state index in [2.05, 4.69) is 15.4 Å². The number of anilines is 1. The lowest BCUT2D eigenvalue weighted by molar-refractivity contribution is -0.141. The highest BCUT2D eigenvalue weighted by Crippen LogP contribution is 2.12. The molecule has 0 aliphatic rings. The zero-order chi connectivity index (χ0) is 19.6. The van der Waals surface area contributed by atoms with Crippen LogP contribution in [0.25, 0.3) is 6.08 Å². The summed E-state index contributed by atoms with van der Waals surface area (Å²) in [7, 11) is 1.26. The molecule has 0 atom stereocenters. The van der Waals surface area contributed by atoms with Crippen molar-refractivity contribution in [1.29, 1.82) is 0 Å². The summed E-state index contributed by atoms with van der Waals surface area (Å²) in [5.74, 6) is -1.07. The van der Waals surface area contributed by atoms with E-state index in [0.29, 0.717) is 10.7 Å². The first-order chi connectivity index (χ1) is 13.0. The fourth-order valence-electron chi connectivity index (χ4n) is 2.13. The number of hydrogen-bond donors (Lipinski definition) is 2. The second-order valence-corrected chi connectivity index (χ2v) is 6.04. The largest absolute Gasteiger partial charge is 0.468 e. The number of esters is 1. The lowest BCUT2D eigenvalue weighted by Gasteiger charge is -2.06. The van der Waals surface area contributed by atoms with Crippen LogP contribution >= 0.6 is 11.6 Å². The summed E-state index contributed by atoms with van der Waals surface area (Å²) < 4.78 is 4.45. The fourth-order valence-corrected chi connectivity index (χ4v) is 2.25. The van der Waals surface area contributed by atoms with Crippen molar-refractivity contribution in [2.24, 2.45) is 0 Å². The minimum Gasteiger partial charge on any atom is -0.468 e. The monoisotopic (exact) mass is 386 g/mol. The van der Waals surface area contributed by atoms with Crippen LogP contribution in [0.4, 0.5) is 5.69 Å². The molecule has 0 bridgehead atoms. The van der Waals surface area contributed by atoms with Crippen LogP contribution in [0, 0.1) is 0 Å². The molecule has 140 valence electrons. The number of ether oxygens (including phenoxy) is 1. The molecule has 0 aliphatic heterocycles. The van der Waals surface area contributed by atoms with Gasteiger partial charge in [-0.15, -0.1) is 0 Å². The molecule has 2 N–H and O–H groups in total. The van der Waals surface area contributed by atoms with Gasteiger partial charge in [-0.1, -0.05) is 35.9 Å². The molecule has 0 radical (unpaired) electrons. The quantitative estimate of drug-likeness (QED) is 0.566. The Morgan fingerprint density at radius 1 is 1.04 bits per heavy atom. The van der Waals surface area contributed by atoms with Crippen LogP contribution in [0.1, 0.15) is 11.1 Å². The third-order valence-electron chi connectivity index (χ3n) is 3.54. The van der Waals surface area contributed by atoms with Gasteiger partial charge in [0.05, 0.1) is 13.5 Å². The Labute approximate surface area is 162 Å². The number of rotatable bonds is 7. The van der Waals surface area contributed by atoms with Gasteiger partial charge >= 0.3 is 5.97 Å². The van der Waals surface area contributed by atoms with Crippen LogP contribution in [-0.4, -0.2) is 31.4 Å². The summed E-state index contributed by atoms with van der Waals surface area (Å²) in [6.07, 6.45) is 3.24. The van der Waals surface area contributed by atoms with E-state index >= 15 is 0 Å². The van der Waals surface area contributed by atoms with Crippen molar-refractivity contribution in [3.05, 3.63) is 70.8 Å². The van der Waals surface area contributed by atoms with E-state index in [1.54, 1.807) is 42.5 Å². The van der Waals surface area contributed by atoms with Gasteiger partial charge in [-0.3, -0.25) is 14.4 Å². The summed E-state index contributed by atoms with van der Waals surface area (Å²) in [4.78, 5) is 34.7. The van der Waals surface area contributed by atoms with Crippen LogP contribution in [0.15, 0.2) is 54.6 Å². The van der Waals surface area contributed by atoms with Gasteiger partial charge in [0.1, 0.15) is 6.54 Å². The highest BCUT2D eigenvalue weighted by atomic mass is 35.5. The molecule has 0 aliphatic carbocycles. The molecule has 0 saturated heterocycles. The number of carbonyl (C=O) groups is 3. The maximum absolute atomic E-state index is 12.0. The van der Waals surface area contributed by atoms with Gasteiger partial charge in [0.15, 0.2) is 0 Å². The molecule has 2 aromatic rings. The first-order valence-electron chi connectivity index (χ1n) is 8.13. The third-order valence-corrected chi connectivity index (χ3v) is 3.79. The number of amides is 2. The van der Waals surface area contributed by atoms with Crippen LogP contribution in [0.5, 0.6) is 0 Å². The van der Waals surface area contributed by atoms with E-state index in [-0.39, 0.29) is 24.8 Å². The van der Waals surface area contributed by atoms with Gasteiger partial charge in [-0.25, -0.2) is 0 Å². The van der Waals surface area contributed by atoms with Crippen molar-refractivity contribution in [2.75, 3.05) is 19.0 Å². The van der Waals surface area contributed by atoms with Gasteiger partial charge in [0.2, 0.25) is 11.8 Å². The number of carbonyl (C=O) groups excluding carboxylic acids is 3. The van der Waals surface area contributed by atoms with Crippen LogP contribution in [0.3, 0.4) is 0 Å². The lowest BCUT2D eigenvalue weighted by Crippen LogP contribution is -2.31. The van der Waals surface area contributed by atoms with Gasteiger partial charge in [-0.05, 0) is 41.5 Å². The van der Waals surface area contributed by atoms with Crippen molar-refractivity contribution in [2.45, 2.75) is 6.42 Å². The SMILES string of the molecule is COC(=O)CNC(=O)Cc1ccc(NC(=O)/C=C/c2ccc(Cl)cc2)cc1. The topological polar surface area (TPSA) is 84.5 Å². The molecule has 0 saturated carbocycles. The lowest BCUT2D eigenvalue weighted by atomic mass is 10.1. The highest BCUT2D eigenvalue weighted by molar-refractivity contribution is 6.30. The molecule has 2 rings (SSSR count). The average Bonchev–Trinajstić information content (AvgIpc) is 2.67. The predicted octanol–water partition coefficient (Wildman–Crippen LogP) is 2.82. The Morgan fingerprint density at radius 3 is 2.33 bits per heavy atom. The van der Waals surface area contributed by atoms with E-state index < -0.39 is 5.97 Å². The summed E-state index contributed by atoms with van der Waals surface area (Å²) >= 11 is 5.82. The molecule has 7 heteroatoms. The number of nitrogens with one attached hydrogen (secondary N) is 2. The normalized spacial score (nSPS) is 10.4. The molecular formula is C20H19ClN2O4. The highest BCUT2D eigenvalue weighted by Gasteiger charge is 2.06. The summed E-state index contributed by atoms with van der Waals surface area (Å²) in [6.45, 7) is -0.163. The zero-order valence-corrected chi connectivity index (χ0v) is 15.5. The first-order valence-corrected chi connectivity index (χ1v) is 8.51. The van der Waals surface area contributed by atoms with E-state index in [1.807, 2.05) is 12.1 Å². The van der Waals surface area contributed by atoms with Crippen LogP contribution in [0.2, 0.25) is 5.02 Å². The Kier molecular flexibility index (Phi) is 7.58. The van der Waals surface area contributed by atoms with Crippen molar-refractivity contribution < 1.29 is 19.1 Å². The molecule has 0 spiro atoms. The minimum atomic E-state index is -0.506. The maximum Gasteiger partial charge on any atom is 0.325 e. The fraction of sp³-hybridized carbons (Fsp3) is 0.150. The van der Waals surface area contributed by atoms with Crippen molar-refractivity contribution in [3.8, 4) is 0 Å². The Bertz CT molecular complexity index is 830. The Morgan fingerprint density at radius 2 is 1.70 bits per heavy atom. The van der Waals surface area contributed by atoms with Crippen LogP contribution in [-0.2, 0) is 25.5 Å². The minimum absolute atomic E-state index is 0.127. The van der Waals surface area contributed by atoms with Crippen LogP contribution < -0.4 is 10.6 Å². The number of benzene rings is 2. The molecule has 27 heavy (non-hydrogen) atoms. The van der Waals surface area contributed by atoms with Crippen molar-refractivity contribution >= 4 is 41.1 Å². The molecule has 2 amide bonds. The second kappa shape index (κ2) is 10.1. The first kappa shape index (κ1) is 20.2. The van der Waals surface area contributed by atoms with Gasteiger partial charge < -0.3 is 15.4 Å². The summed E-state index contributed by atoms with van der Waals surface area (Å²) in [6, 6.07) is 14.0. The average molecular weight is 387 g/mol. The molecule has 0 aromatic heterocycles. The molecule has 0 heterocycles.